The largest absolute Gasteiger partial charge is 0.480 e. The lowest BCUT2D eigenvalue weighted by Crippen LogP contribution is -2.72. The van der Waals surface area contributed by atoms with Crippen molar-refractivity contribution in [2.45, 2.75) is 62.7 Å². The molecule has 0 spiro atoms. The lowest BCUT2D eigenvalue weighted by atomic mass is 9.85. The Morgan fingerprint density at radius 2 is 1.32 bits per heavy atom. The number of benzene rings is 3. The molecule has 6 rings (SSSR count). The molecule has 41 heavy (non-hydrogen) atoms. The molecule has 4 atom stereocenters. The van der Waals surface area contributed by atoms with Crippen molar-refractivity contribution in [2.24, 2.45) is 0 Å². The highest BCUT2D eigenvalue weighted by atomic mass is 16.4. The van der Waals surface area contributed by atoms with E-state index in [1.54, 1.807) is 4.90 Å². The first kappa shape index (κ1) is 26.9. The van der Waals surface area contributed by atoms with Gasteiger partial charge in [0.1, 0.15) is 0 Å². The lowest BCUT2D eigenvalue weighted by molar-refractivity contribution is -0.149. The summed E-state index contributed by atoms with van der Waals surface area (Å²) in [4.78, 5) is 48.4. The molecular formula is C33H36N4O4. The number of urea groups is 2. The van der Waals surface area contributed by atoms with E-state index < -0.39 is 18.1 Å². The average molecular weight is 553 g/mol. The number of rotatable bonds is 4. The molecule has 3 heterocycles. The molecule has 0 aromatic heterocycles. The fraction of sp³-hybridized carbons (Fsp3) is 0.364. The van der Waals surface area contributed by atoms with Gasteiger partial charge in [0.2, 0.25) is 0 Å². The predicted molar refractivity (Wildman–Crippen MR) is 157 cm³/mol. The summed E-state index contributed by atoms with van der Waals surface area (Å²) in [5.74, 6) is -1.08. The van der Waals surface area contributed by atoms with Gasteiger partial charge in [-0.05, 0) is 68.4 Å². The van der Waals surface area contributed by atoms with Crippen LogP contribution in [0.25, 0.3) is 0 Å². The van der Waals surface area contributed by atoms with Crippen LogP contribution >= 0.6 is 0 Å². The van der Waals surface area contributed by atoms with Gasteiger partial charge in [-0.3, -0.25) is 4.90 Å². The number of carbonyl (C=O) groups excluding carboxylic acids is 2. The number of hydrogen-bond donors (Lipinski definition) is 1. The molecule has 3 saturated heterocycles. The van der Waals surface area contributed by atoms with E-state index >= 15 is 0 Å². The number of hydrogen-bond acceptors (Lipinski definition) is 3. The quantitative estimate of drug-likeness (QED) is 0.413. The van der Waals surface area contributed by atoms with Crippen LogP contribution in [0.2, 0.25) is 0 Å². The molecule has 3 aliphatic heterocycles. The summed E-state index contributed by atoms with van der Waals surface area (Å²) in [6, 6.07) is 26.2. The van der Waals surface area contributed by atoms with Gasteiger partial charge in [0.05, 0.1) is 29.5 Å². The molecule has 1 N–H and O–H groups in total. The van der Waals surface area contributed by atoms with E-state index in [9.17, 15) is 19.5 Å². The standard InChI is InChI=1S/C33H36N4O4/c38-31(39)30-29-21-12-19-27(37(29)32(40)34-22-11-10-20-28(34)24-13-4-1-5-14-24)23-35(30)33(41)36(25-15-6-2-7-16-25)26-17-8-3-9-18-26/h1-9,13-18,27-30H,10-12,19-23H2,(H,38,39)/t27-,28?,29+,30-/m0/s1. The zero-order valence-electron chi connectivity index (χ0n) is 23.1. The van der Waals surface area contributed by atoms with E-state index in [1.807, 2.05) is 88.7 Å². The van der Waals surface area contributed by atoms with Crippen LogP contribution in [0, 0.1) is 0 Å². The Kier molecular flexibility index (Phi) is 7.63. The van der Waals surface area contributed by atoms with E-state index in [4.69, 9.17) is 0 Å². The number of nitrogens with zero attached hydrogens (tertiary/aromatic N) is 4. The maximum atomic E-state index is 14.3. The van der Waals surface area contributed by atoms with Crippen LogP contribution in [0.4, 0.5) is 21.0 Å². The van der Waals surface area contributed by atoms with Gasteiger partial charge in [-0.15, -0.1) is 0 Å². The third-order valence-electron chi connectivity index (χ3n) is 8.77. The van der Waals surface area contributed by atoms with Crippen molar-refractivity contribution in [3.8, 4) is 0 Å². The summed E-state index contributed by atoms with van der Waals surface area (Å²) in [6.07, 6.45) is 4.96. The zero-order valence-corrected chi connectivity index (χ0v) is 23.1. The molecule has 3 aromatic rings. The van der Waals surface area contributed by atoms with Crippen LogP contribution in [0.5, 0.6) is 0 Å². The van der Waals surface area contributed by atoms with Crippen molar-refractivity contribution in [3.05, 3.63) is 96.6 Å². The second-order valence-corrected chi connectivity index (χ2v) is 11.2. The third-order valence-corrected chi connectivity index (χ3v) is 8.77. The number of piperazine rings is 1. The topological polar surface area (TPSA) is 84.4 Å². The molecule has 0 aliphatic carbocycles. The number of likely N-dealkylation sites (tertiary alicyclic amines) is 2. The first-order valence-electron chi connectivity index (χ1n) is 14.6. The monoisotopic (exact) mass is 552 g/mol. The van der Waals surface area contributed by atoms with Crippen molar-refractivity contribution in [2.75, 3.05) is 18.0 Å². The Morgan fingerprint density at radius 1 is 0.707 bits per heavy atom. The summed E-state index contributed by atoms with van der Waals surface area (Å²) >= 11 is 0. The predicted octanol–water partition coefficient (Wildman–Crippen LogP) is 6.28. The highest BCUT2D eigenvalue weighted by Gasteiger charge is 2.53. The Labute approximate surface area is 240 Å². The molecule has 1 unspecified atom stereocenters. The summed E-state index contributed by atoms with van der Waals surface area (Å²) in [6.45, 7) is 0.822. The maximum Gasteiger partial charge on any atom is 0.329 e. The van der Waals surface area contributed by atoms with E-state index in [0.717, 1.165) is 37.7 Å². The van der Waals surface area contributed by atoms with Gasteiger partial charge in [-0.2, -0.15) is 0 Å². The highest BCUT2D eigenvalue weighted by molar-refractivity contribution is 6.01. The van der Waals surface area contributed by atoms with Crippen molar-refractivity contribution in [1.82, 2.24) is 14.7 Å². The first-order valence-corrected chi connectivity index (χ1v) is 14.6. The van der Waals surface area contributed by atoms with Crippen LogP contribution in [0.1, 0.15) is 50.1 Å². The van der Waals surface area contributed by atoms with Gasteiger partial charge >= 0.3 is 18.0 Å². The van der Waals surface area contributed by atoms with Crippen LogP contribution in [-0.4, -0.2) is 69.1 Å². The second-order valence-electron chi connectivity index (χ2n) is 11.2. The zero-order chi connectivity index (χ0) is 28.3. The molecular weight excluding hydrogens is 516 g/mol. The van der Waals surface area contributed by atoms with Gasteiger partial charge in [0.15, 0.2) is 6.04 Å². The molecule has 3 aromatic carbocycles. The molecule has 8 nitrogen and oxygen atoms in total. The van der Waals surface area contributed by atoms with Crippen LogP contribution < -0.4 is 4.90 Å². The number of piperidine rings is 2. The molecule has 8 heteroatoms. The highest BCUT2D eigenvalue weighted by Crippen LogP contribution is 2.39. The normalized spacial score (nSPS) is 24.0. The molecule has 2 bridgehead atoms. The summed E-state index contributed by atoms with van der Waals surface area (Å²) in [7, 11) is 0. The Morgan fingerprint density at radius 3 is 1.93 bits per heavy atom. The molecule has 3 aliphatic rings. The number of anilines is 2. The molecule has 4 amide bonds. The van der Waals surface area contributed by atoms with Crippen molar-refractivity contribution in [3.63, 3.8) is 0 Å². The number of amides is 4. The number of carbonyl (C=O) groups is 3. The van der Waals surface area contributed by atoms with Crippen molar-refractivity contribution >= 4 is 29.4 Å². The minimum Gasteiger partial charge on any atom is -0.480 e. The Balaban J connectivity index is 1.33. The van der Waals surface area contributed by atoms with Crippen molar-refractivity contribution < 1.29 is 19.5 Å². The van der Waals surface area contributed by atoms with Crippen molar-refractivity contribution in [1.29, 1.82) is 0 Å². The summed E-state index contributed by atoms with van der Waals surface area (Å²) in [5, 5.41) is 10.6. The minimum atomic E-state index is -1.14. The smallest absolute Gasteiger partial charge is 0.329 e. The fourth-order valence-electron chi connectivity index (χ4n) is 6.93. The number of fused-ring (bicyclic) bond motifs is 2. The van der Waals surface area contributed by atoms with E-state index in [1.165, 1.54) is 4.90 Å². The van der Waals surface area contributed by atoms with Gasteiger partial charge < -0.3 is 19.8 Å². The SMILES string of the molecule is O=C(O)[C@@H]1[C@H]2CCC[C@@H](CN1C(=O)N(c1ccccc1)c1ccccc1)N2C(=O)N1CCCCC1c1ccccc1. The van der Waals surface area contributed by atoms with Crippen LogP contribution in [-0.2, 0) is 4.79 Å². The second kappa shape index (κ2) is 11.6. The first-order chi connectivity index (χ1) is 20.0. The number of carboxylic acid groups (broad SMARTS) is 1. The Bertz CT molecular complexity index is 1330. The number of para-hydroxylation sites is 2. The van der Waals surface area contributed by atoms with Crippen LogP contribution in [0.15, 0.2) is 91.0 Å². The van der Waals surface area contributed by atoms with E-state index in [0.29, 0.717) is 24.3 Å². The Hall–Kier alpha value is -4.33. The van der Waals surface area contributed by atoms with E-state index in [-0.39, 0.29) is 30.7 Å². The third kappa shape index (κ3) is 5.14. The van der Waals surface area contributed by atoms with Crippen LogP contribution in [0.3, 0.4) is 0 Å². The molecule has 0 saturated carbocycles. The van der Waals surface area contributed by atoms with Gasteiger partial charge in [-0.1, -0.05) is 66.7 Å². The van der Waals surface area contributed by atoms with E-state index in [2.05, 4.69) is 12.1 Å². The molecule has 0 radical (unpaired) electrons. The summed E-state index contributed by atoms with van der Waals surface area (Å²) in [5.41, 5.74) is 2.43. The van der Waals surface area contributed by atoms with Gasteiger partial charge in [-0.25, -0.2) is 14.4 Å². The number of aliphatic carboxylic acids is 1. The molecule has 3 fully saturated rings. The minimum absolute atomic E-state index is 0.0345. The lowest BCUT2D eigenvalue weighted by Gasteiger charge is -2.55. The average Bonchev–Trinajstić information content (AvgIpc) is 3.01. The summed E-state index contributed by atoms with van der Waals surface area (Å²) < 4.78 is 0. The molecule has 212 valence electrons. The maximum absolute atomic E-state index is 14.3. The fourth-order valence-corrected chi connectivity index (χ4v) is 6.93. The van der Waals surface area contributed by atoms with Gasteiger partial charge in [0.25, 0.3) is 0 Å². The number of carboxylic acids is 1. The van der Waals surface area contributed by atoms with Gasteiger partial charge in [0, 0.05) is 13.1 Å².